The van der Waals surface area contributed by atoms with Crippen molar-refractivity contribution in [1.29, 1.82) is 0 Å². The summed E-state index contributed by atoms with van der Waals surface area (Å²) >= 11 is 0. The minimum absolute atomic E-state index is 0.220. The minimum Gasteiger partial charge on any atom is -0.367 e. The number of aromatic nitrogens is 1. The Morgan fingerprint density at radius 2 is 1.77 bits per heavy atom. The van der Waals surface area contributed by atoms with Gasteiger partial charge in [0, 0.05) is 18.8 Å². The number of nitrogens with one attached hydrogen (secondary N) is 1. The molecule has 1 heterocycles. The molecule has 0 saturated carbocycles. The predicted molar refractivity (Wildman–Crippen MR) is 83.7 cm³/mol. The highest BCUT2D eigenvalue weighted by Gasteiger charge is 2.34. The fraction of sp³-hybridized carbons (Fsp3) is 0.235. The van der Waals surface area contributed by atoms with Crippen molar-refractivity contribution < 1.29 is 9.59 Å². The van der Waals surface area contributed by atoms with Crippen LogP contribution in [0, 0.1) is 0 Å². The molecule has 3 N–H and O–H groups in total. The van der Waals surface area contributed by atoms with Gasteiger partial charge in [-0.1, -0.05) is 30.3 Å². The van der Waals surface area contributed by atoms with Gasteiger partial charge in [0.15, 0.2) is 0 Å². The number of hydrogen-bond donors (Lipinski definition) is 2. The Kier molecular flexibility index (Phi) is 4.88. The Balaban J connectivity index is 2.05. The summed E-state index contributed by atoms with van der Waals surface area (Å²) in [6.45, 7) is 1.62. The second kappa shape index (κ2) is 6.85. The van der Waals surface area contributed by atoms with E-state index in [9.17, 15) is 9.59 Å². The van der Waals surface area contributed by atoms with Crippen LogP contribution in [-0.2, 0) is 21.5 Å². The molecule has 5 nitrogen and oxygen atoms in total. The molecule has 0 saturated heterocycles. The lowest BCUT2D eigenvalue weighted by molar-refractivity contribution is -0.131. The molecule has 1 atom stereocenters. The molecule has 22 heavy (non-hydrogen) atoms. The zero-order valence-corrected chi connectivity index (χ0v) is 12.5. The van der Waals surface area contributed by atoms with E-state index in [4.69, 9.17) is 5.73 Å². The molecule has 0 radical (unpaired) electrons. The van der Waals surface area contributed by atoms with Gasteiger partial charge in [-0.25, -0.2) is 0 Å². The first-order chi connectivity index (χ1) is 10.5. The van der Waals surface area contributed by atoms with Crippen molar-refractivity contribution in [3.63, 3.8) is 0 Å². The van der Waals surface area contributed by atoms with Crippen LogP contribution in [0.2, 0.25) is 0 Å². The molecule has 1 aromatic carbocycles. The van der Waals surface area contributed by atoms with Crippen molar-refractivity contribution in [2.45, 2.75) is 25.3 Å². The van der Waals surface area contributed by atoms with Crippen molar-refractivity contribution in [2.24, 2.45) is 5.73 Å². The number of pyridine rings is 1. The molecule has 0 aliphatic heterocycles. The van der Waals surface area contributed by atoms with Crippen molar-refractivity contribution in [1.82, 2.24) is 10.3 Å². The van der Waals surface area contributed by atoms with Gasteiger partial charge in [-0.2, -0.15) is 0 Å². The first-order valence-corrected chi connectivity index (χ1v) is 7.08. The largest absolute Gasteiger partial charge is 0.367 e. The number of carbonyl (C=O) groups excluding carboxylic acids is 2. The van der Waals surface area contributed by atoms with Gasteiger partial charge in [0.1, 0.15) is 5.54 Å². The lowest BCUT2D eigenvalue weighted by Gasteiger charge is -2.28. The molecule has 114 valence electrons. The first kappa shape index (κ1) is 15.7. The van der Waals surface area contributed by atoms with Gasteiger partial charge in [0.25, 0.3) is 0 Å². The normalized spacial score (nSPS) is 13.1. The van der Waals surface area contributed by atoms with Gasteiger partial charge >= 0.3 is 0 Å². The molecular formula is C17H19N3O2. The van der Waals surface area contributed by atoms with E-state index in [0.29, 0.717) is 12.0 Å². The number of carbonyl (C=O) groups is 2. The van der Waals surface area contributed by atoms with E-state index < -0.39 is 11.4 Å². The number of rotatable bonds is 6. The SMILES string of the molecule is CC(NC(=O)CCc1ccncc1)(C(N)=O)c1ccccc1. The van der Waals surface area contributed by atoms with E-state index in [-0.39, 0.29) is 12.3 Å². The van der Waals surface area contributed by atoms with Crippen molar-refractivity contribution in [3.8, 4) is 0 Å². The second-order valence-corrected chi connectivity index (χ2v) is 5.26. The molecule has 2 rings (SSSR count). The summed E-state index contributed by atoms with van der Waals surface area (Å²) in [5.74, 6) is -0.807. The van der Waals surface area contributed by atoms with Crippen LogP contribution in [0.5, 0.6) is 0 Å². The van der Waals surface area contributed by atoms with Gasteiger partial charge in [-0.3, -0.25) is 14.6 Å². The molecule has 1 unspecified atom stereocenters. The molecule has 0 fully saturated rings. The Bertz CT molecular complexity index is 643. The van der Waals surface area contributed by atoms with Crippen LogP contribution in [0.3, 0.4) is 0 Å². The lowest BCUT2D eigenvalue weighted by atomic mass is 9.91. The van der Waals surface area contributed by atoms with E-state index in [1.54, 1.807) is 43.6 Å². The van der Waals surface area contributed by atoms with E-state index in [0.717, 1.165) is 5.56 Å². The van der Waals surface area contributed by atoms with Crippen molar-refractivity contribution >= 4 is 11.8 Å². The number of primary amides is 1. The maximum Gasteiger partial charge on any atom is 0.247 e. The summed E-state index contributed by atoms with van der Waals surface area (Å²) in [5.41, 5.74) is 5.97. The van der Waals surface area contributed by atoms with Crippen LogP contribution in [0.25, 0.3) is 0 Å². The van der Waals surface area contributed by atoms with Crippen LogP contribution < -0.4 is 11.1 Å². The molecule has 5 heteroatoms. The number of aryl methyl sites for hydroxylation is 1. The van der Waals surface area contributed by atoms with Gasteiger partial charge in [0.2, 0.25) is 11.8 Å². The molecule has 0 aliphatic rings. The third-order valence-electron chi connectivity index (χ3n) is 3.62. The summed E-state index contributed by atoms with van der Waals surface area (Å²) < 4.78 is 0. The van der Waals surface area contributed by atoms with Gasteiger partial charge in [-0.15, -0.1) is 0 Å². The monoisotopic (exact) mass is 297 g/mol. The Morgan fingerprint density at radius 3 is 2.36 bits per heavy atom. The van der Waals surface area contributed by atoms with Crippen LogP contribution in [0.1, 0.15) is 24.5 Å². The fourth-order valence-corrected chi connectivity index (χ4v) is 2.20. The van der Waals surface area contributed by atoms with E-state index in [1.165, 1.54) is 0 Å². The quantitative estimate of drug-likeness (QED) is 0.848. The third kappa shape index (κ3) is 3.69. The molecule has 1 aromatic heterocycles. The summed E-state index contributed by atoms with van der Waals surface area (Å²) in [7, 11) is 0. The molecule has 2 amide bonds. The average molecular weight is 297 g/mol. The van der Waals surface area contributed by atoms with E-state index >= 15 is 0 Å². The summed E-state index contributed by atoms with van der Waals surface area (Å²) in [6, 6.07) is 12.7. The number of hydrogen-bond acceptors (Lipinski definition) is 3. The summed E-state index contributed by atoms with van der Waals surface area (Å²) in [6.07, 6.45) is 4.23. The maximum absolute atomic E-state index is 12.2. The van der Waals surface area contributed by atoms with Crippen LogP contribution >= 0.6 is 0 Å². The topological polar surface area (TPSA) is 85.1 Å². The highest BCUT2D eigenvalue weighted by Crippen LogP contribution is 2.20. The molecule has 0 spiro atoms. The van der Waals surface area contributed by atoms with Crippen LogP contribution in [0.4, 0.5) is 0 Å². The molecule has 2 aromatic rings. The van der Waals surface area contributed by atoms with Crippen molar-refractivity contribution in [2.75, 3.05) is 0 Å². The average Bonchev–Trinajstić information content (AvgIpc) is 2.54. The van der Waals surface area contributed by atoms with Gasteiger partial charge in [-0.05, 0) is 36.6 Å². The van der Waals surface area contributed by atoms with Crippen LogP contribution in [-0.4, -0.2) is 16.8 Å². The van der Waals surface area contributed by atoms with Crippen molar-refractivity contribution in [3.05, 3.63) is 66.0 Å². The summed E-state index contributed by atoms with van der Waals surface area (Å²) in [4.78, 5) is 27.9. The minimum atomic E-state index is -1.21. The Morgan fingerprint density at radius 1 is 1.14 bits per heavy atom. The second-order valence-electron chi connectivity index (χ2n) is 5.26. The van der Waals surface area contributed by atoms with Gasteiger partial charge in [0.05, 0.1) is 0 Å². The van der Waals surface area contributed by atoms with E-state index in [1.807, 2.05) is 18.2 Å². The Labute approximate surface area is 129 Å². The summed E-state index contributed by atoms with van der Waals surface area (Å²) in [5, 5.41) is 2.75. The standard InChI is InChI=1S/C17H19N3O2/c1-17(16(18)22,14-5-3-2-4-6-14)20-15(21)8-7-13-9-11-19-12-10-13/h2-6,9-12H,7-8H2,1H3,(H2,18,22)(H,20,21). The number of nitrogens with zero attached hydrogens (tertiary/aromatic N) is 1. The maximum atomic E-state index is 12.2. The molecule has 0 bridgehead atoms. The smallest absolute Gasteiger partial charge is 0.247 e. The number of amides is 2. The third-order valence-corrected chi connectivity index (χ3v) is 3.62. The fourth-order valence-electron chi connectivity index (χ4n) is 2.20. The molecular weight excluding hydrogens is 278 g/mol. The first-order valence-electron chi connectivity index (χ1n) is 7.08. The number of nitrogens with two attached hydrogens (primary N) is 1. The zero-order chi connectivity index (χ0) is 16.0. The zero-order valence-electron chi connectivity index (χ0n) is 12.5. The number of benzene rings is 1. The van der Waals surface area contributed by atoms with Gasteiger partial charge < -0.3 is 11.1 Å². The highest BCUT2D eigenvalue weighted by atomic mass is 16.2. The lowest BCUT2D eigenvalue weighted by Crippen LogP contribution is -2.52. The Hall–Kier alpha value is -2.69. The predicted octanol–water partition coefficient (Wildman–Crippen LogP) is 1.53. The molecule has 0 aliphatic carbocycles. The van der Waals surface area contributed by atoms with E-state index in [2.05, 4.69) is 10.3 Å². The van der Waals surface area contributed by atoms with Crippen LogP contribution in [0.15, 0.2) is 54.9 Å². The highest BCUT2D eigenvalue weighted by molar-refractivity contribution is 5.91.